The normalized spacial score (nSPS) is 10.5. The zero-order chi connectivity index (χ0) is 21.6. The van der Waals surface area contributed by atoms with Gasteiger partial charge in [-0.25, -0.2) is 4.39 Å². The van der Waals surface area contributed by atoms with Crippen molar-refractivity contribution in [3.63, 3.8) is 0 Å². The zero-order valence-electron chi connectivity index (χ0n) is 16.7. The van der Waals surface area contributed by atoms with Crippen LogP contribution in [0.5, 0.6) is 5.75 Å². The molecule has 1 N–H and O–H groups in total. The number of halogens is 1. The van der Waals surface area contributed by atoms with E-state index in [4.69, 9.17) is 4.74 Å². The van der Waals surface area contributed by atoms with Gasteiger partial charge < -0.3 is 15.0 Å². The van der Waals surface area contributed by atoms with Crippen LogP contribution in [0.2, 0.25) is 0 Å². The lowest BCUT2D eigenvalue weighted by Gasteiger charge is -2.14. The van der Waals surface area contributed by atoms with E-state index < -0.39 is 0 Å². The molecule has 0 atom stereocenters. The lowest BCUT2D eigenvalue weighted by Crippen LogP contribution is -2.20. The third-order valence-electron chi connectivity index (χ3n) is 4.44. The molecule has 1 amide bonds. The summed E-state index contributed by atoms with van der Waals surface area (Å²) in [6, 6.07) is 22.8. The molecule has 0 saturated carbocycles. The van der Waals surface area contributed by atoms with Gasteiger partial charge in [-0.05, 0) is 60.7 Å². The number of carbonyl (C=O) groups excluding carboxylic acids is 1. The van der Waals surface area contributed by atoms with E-state index >= 15 is 0 Å². The summed E-state index contributed by atoms with van der Waals surface area (Å²) in [6.45, 7) is -0.168. The molecule has 4 aromatic rings. The van der Waals surface area contributed by atoms with E-state index in [1.165, 1.54) is 35.6 Å². The van der Waals surface area contributed by atoms with Gasteiger partial charge in [0, 0.05) is 24.0 Å². The summed E-state index contributed by atoms with van der Waals surface area (Å²) in [5.74, 6) is -0.231. The van der Waals surface area contributed by atoms with E-state index in [1.54, 1.807) is 12.1 Å². The number of ether oxygens (including phenoxy) is 1. The van der Waals surface area contributed by atoms with Crippen LogP contribution < -0.4 is 15.0 Å². The molecule has 6 nitrogen and oxygen atoms in total. The Morgan fingerprint density at radius 3 is 2.42 bits per heavy atom. The van der Waals surface area contributed by atoms with Crippen molar-refractivity contribution < 1.29 is 13.9 Å². The number of nitrogens with zero attached hydrogens (tertiary/aromatic N) is 3. The second-order valence-electron chi connectivity index (χ2n) is 6.65. The smallest absolute Gasteiger partial charge is 0.262 e. The fraction of sp³-hybridized carbons (Fsp3) is 0.0870. The third-order valence-corrected chi connectivity index (χ3v) is 5.49. The molecule has 4 rings (SSSR count). The molecule has 31 heavy (non-hydrogen) atoms. The summed E-state index contributed by atoms with van der Waals surface area (Å²) in [6.07, 6.45) is 0. The average molecular weight is 434 g/mol. The molecular formula is C23H19FN4O2S. The van der Waals surface area contributed by atoms with Gasteiger partial charge in [0.05, 0.1) is 0 Å². The molecule has 0 radical (unpaired) electrons. The number of para-hydroxylation sites is 1. The first kappa shape index (κ1) is 20.5. The van der Waals surface area contributed by atoms with Crippen molar-refractivity contribution in [1.82, 2.24) is 10.2 Å². The molecule has 156 valence electrons. The Balaban J connectivity index is 1.35. The predicted octanol–water partition coefficient (Wildman–Crippen LogP) is 5.13. The first-order valence-corrected chi connectivity index (χ1v) is 10.3. The maximum absolute atomic E-state index is 12.9. The molecule has 3 aromatic carbocycles. The van der Waals surface area contributed by atoms with Crippen LogP contribution in [0, 0.1) is 5.82 Å². The standard InChI is InChI=1S/C23H19FN4O2S/c1-28(19-5-3-2-4-6-19)23-27-26-22(31-23)16-7-11-18(12-8-16)25-21(29)15-30-20-13-9-17(24)10-14-20/h2-14H,15H2,1H3,(H,25,29). The summed E-state index contributed by atoms with van der Waals surface area (Å²) >= 11 is 1.49. The summed E-state index contributed by atoms with van der Waals surface area (Å²) in [5, 5.41) is 12.9. The molecule has 0 bridgehead atoms. The highest BCUT2D eigenvalue weighted by Gasteiger charge is 2.12. The summed E-state index contributed by atoms with van der Waals surface area (Å²) in [7, 11) is 1.95. The van der Waals surface area contributed by atoms with Gasteiger partial charge in [0.2, 0.25) is 5.13 Å². The van der Waals surface area contributed by atoms with Crippen LogP contribution in [-0.4, -0.2) is 29.8 Å². The SMILES string of the molecule is CN(c1ccccc1)c1nnc(-c2ccc(NC(=O)COc3ccc(F)cc3)cc2)s1. The summed E-state index contributed by atoms with van der Waals surface area (Å²) < 4.78 is 18.3. The Kier molecular flexibility index (Phi) is 6.18. The highest BCUT2D eigenvalue weighted by molar-refractivity contribution is 7.18. The van der Waals surface area contributed by atoms with Gasteiger partial charge in [0.25, 0.3) is 5.91 Å². The maximum Gasteiger partial charge on any atom is 0.262 e. The van der Waals surface area contributed by atoms with Gasteiger partial charge in [0.1, 0.15) is 16.6 Å². The molecule has 0 fully saturated rings. The summed E-state index contributed by atoms with van der Waals surface area (Å²) in [5.41, 5.74) is 2.58. The molecular weight excluding hydrogens is 415 g/mol. The van der Waals surface area contributed by atoms with Crippen LogP contribution >= 0.6 is 11.3 Å². The largest absolute Gasteiger partial charge is 0.484 e. The van der Waals surface area contributed by atoms with Gasteiger partial charge >= 0.3 is 0 Å². The highest BCUT2D eigenvalue weighted by atomic mass is 32.1. The number of anilines is 3. The van der Waals surface area contributed by atoms with Crippen LogP contribution in [-0.2, 0) is 4.79 Å². The molecule has 0 unspecified atom stereocenters. The highest BCUT2D eigenvalue weighted by Crippen LogP contribution is 2.32. The predicted molar refractivity (Wildman–Crippen MR) is 120 cm³/mol. The first-order valence-electron chi connectivity index (χ1n) is 9.49. The Labute approximate surface area is 182 Å². The second kappa shape index (κ2) is 9.36. The number of carbonyl (C=O) groups is 1. The number of nitrogens with one attached hydrogen (secondary N) is 1. The number of amides is 1. The van der Waals surface area contributed by atoms with Crippen LogP contribution in [0.15, 0.2) is 78.9 Å². The van der Waals surface area contributed by atoms with Crippen molar-refractivity contribution in [3.8, 4) is 16.3 Å². The summed E-state index contributed by atoms with van der Waals surface area (Å²) in [4.78, 5) is 14.1. The zero-order valence-corrected chi connectivity index (χ0v) is 17.5. The van der Waals surface area contributed by atoms with E-state index in [1.807, 2.05) is 54.4 Å². The number of aromatic nitrogens is 2. The van der Waals surface area contributed by atoms with Crippen molar-refractivity contribution in [3.05, 3.63) is 84.7 Å². The molecule has 0 aliphatic rings. The molecule has 1 aromatic heterocycles. The van der Waals surface area contributed by atoms with Crippen LogP contribution in [0.25, 0.3) is 10.6 Å². The van der Waals surface area contributed by atoms with Gasteiger partial charge in [-0.15, -0.1) is 10.2 Å². The average Bonchev–Trinajstić information content (AvgIpc) is 3.29. The number of hydrogen-bond donors (Lipinski definition) is 1. The molecule has 0 aliphatic heterocycles. The van der Waals surface area contributed by atoms with E-state index in [0.29, 0.717) is 11.4 Å². The van der Waals surface area contributed by atoms with Gasteiger partial charge in [0.15, 0.2) is 6.61 Å². The molecule has 8 heteroatoms. The minimum absolute atomic E-state index is 0.168. The lowest BCUT2D eigenvalue weighted by atomic mass is 10.2. The van der Waals surface area contributed by atoms with Crippen LogP contribution in [0.3, 0.4) is 0 Å². The molecule has 0 spiro atoms. The number of benzene rings is 3. The lowest BCUT2D eigenvalue weighted by molar-refractivity contribution is -0.118. The minimum atomic E-state index is -0.355. The van der Waals surface area contributed by atoms with Crippen LogP contribution in [0.1, 0.15) is 0 Å². The Morgan fingerprint density at radius 1 is 1.00 bits per heavy atom. The Bertz CT molecular complexity index is 1150. The monoisotopic (exact) mass is 434 g/mol. The van der Waals surface area contributed by atoms with E-state index in [2.05, 4.69) is 15.5 Å². The van der Waals surface area contributed by atoms with Gasteiger partial charge in [-0.3, -0.25) is 4.79 Å². The van der Waals surface area contributed by atoms with Crippen molar-refractivity contribution in [2.45, 2.75) is 0 Å². The van der Waals surface area contributed by atoms with E-state index in [0.717, 1.165) is 21.4 Å². The topological polar surface area (TPSA) is 67.4 Å². The van der Waals surface area contributed by atoms with E-state index in [9.17, 15) is 9.18 Å². The Hall–Kier alpha value is -3.78. The van der Waals surface area contributed by atoms with Crippen molar-refractivity contribution >= 4 is 33.8 Å². The number of hydrogen-bond acceptors (Lipinski definition) is 6. The fourth-order valence-corrected chi connectivity index (χ4v) is 3.64. The van der Waals surface area contributed by atoms with Gasteiger partial charge in [-0.2, -0.15) is 0 Å². The second-order valence-corrected chi connectivity index (χ2v) is 7.61. The van der Waals surface area contributed by atoms with Crippen molar-refractivity contribution in [1.29, 1.82) is 0 Å². The molecule has 0 aliphatic carbocycles. The van der Waals surface area contributed by atoms with Crippen molar-refractivity contribution in [2.24, 2.45) is 0 Å². The van der Waals surface area contributed by atoms with Crippen LogP contribution in [0.4, 0.5) is 20.9 Å². The fourth-order valence-electron chi connectivity index (χ4n) is 2.80. The van der Waals surface area contributed by atoms with Crippen molar-refractivity contribution in [2.75, 3.05) is 23.9 Å². The first-order chi connectivity index (χ1) is 15.1. The Morgan fingerprint density at radius 2 is 1.71 bits per heavy atom. The quantitative estimate of drug-likeness (QED) is 0.437. The van der Waals surface area contributed by atoms with E-state index in [-0.39, 0.29) is 18.3 Å². The maximum atomic E-state index is 12.9. The molecule has 1 heterocycles. The third kappa shape index (κ3) is 5.23. The van der Waals surface area contributed by atoms with Gasteiger partial charge in [-0.1, -0.05) is 29.5 Å². The molecule has 0 saturated heterocycles. The number of rotatable bonds is 7. The minimum Gasteiger partial charge on any atom is -0.484 e.